The molecule has 0 saturated heterocycles. The molecule has 130 valence electrons. The lowest BCUT2D eigenvalue weighted by molar-refractivity contribution is 0.0978. The fourth-order valence-electron chi connectivity index (χ4n) is 2.96. The Kier molecular flexibility index (Phi) is 5.80. The smallest absolute Gasteiger partial charge is 0.163 e. The van der Waals surface area contributed by atoms with E-state index in [0.29, 0.717) is 6.42 Å². The normalized spacial score (nSPS) is 12.2. The van der Waals surface area contributed by atoms with E-state index in [1.54, 1.807) is 0 Å². The summed E-state index contributed by atoms with van der Waals surface area (Å²) in [6, 6.07) is 26.4. The molecule has 0 saturated carbocycles. The number of carbonyl (C=O) groups excluding carboxylic acids is 1. The first-order chi connectivity index (χ1) is 12.6. The number of hydrogen-bond donors (Lipinski definition) is 0. The van der Waals surface area contributed by atoms with Gasteiger partial charge in [0, 0.05) is 17.9 Å². The Morgan fingerprint density at radius 3 is 2.00 bits per heavy atom. The van der Waals surface area contributed by atoms with Crippen LogP contribution in [0, 0.1) is 13.8 Å². The number of benzene rings is 3. The SMILES string of the molecule is Cc1ccc(/C=C/C(CC(=O)c2ccccc2)c2ccc(C)cc2)cc1. The molecule has 3 aromatic carbocycles. The number of rotatable bonds is 6. The maximum absolute atomic E-state index is 12.7. The van der Waals surface area contributed by atoms with Crippen LogP contribution in [-0.2, 0) is 0 Å². The Morgan fingerprint density at radius 2 is 1.38 bits per heavy atom. The molecule has 1 heteroatoms. The summed E-state index contributed by atoms with van der Waals surface area (Å²) in [6.45, 7) is 4.16. The summed E-state index contributed by atoms with van der Waals surface area (Å²) >= 11 is 0. The average Bonchev–Trinajstić information content (AvgIpc) is 2.67. The third kappa shape index (κ3) is 4.80. The average molecular weight is 340 g/mol. The summed E-state index contributed by atoms with van der Waals surface area (Å²) < 4.78 is 0. The highest BCUT2D eigenvalue weighted by atomic mass is 16.1. The highest BCUT2D eigenvalue weighted by Crippen LogP contribution is 2.25. The van der Waals surface area contributed by atoms with Crippen LogP contribution in [-0.4, -0.2) is 5.78 Å². The van der Waals surface area contributed by atoms with Crippen LogP contribution in [0.3, 0.4) is 0 Å². The van der Waals surface area contributed by atoms with Crippen LogP contribution in [0.5, 0.6) is 0 Å². The van der Waals surface area contributed by atoms with E-state index in [1.807, 2.05) is 30.3 Å². The van der Waals surface area contributed by atoms with Gasteiger partial charge in [-0.3, -0.25) is 4.79 Å². The Hall–Kier alpha value is -2.93. The van der Waals surface area contributed by atoms with Crippen LogP contribution in [0.1, 0.15) is 45.0 Å². The van der Waals surface area contributed by atoms with Gasteiger partial charge in [0.05, 0.1) is 0 Å². The van der Waals surface area contributed by atoms with Gasteiger partial charge >= 0.3 is 0 Å². The van der Waals surface area contributed by atoms with Gasteiger partial charge in [-0.15, -0.1) is 0 Å². The van der Waals surface area contributed by atoms with E-state index >= 15 is 0 Å². The lowest BCUT2D eigenvalue weighted by Crippen LogP contribution is -2.06. The monoisotopic (exact) mass is 340 g/mol. The quantitative estimate of drug-likeness (QED) is 0.476. The van der Waals surface area contributed by atoms with Crippen LogP contribution < -0.4 is 0 Å². The maximum Gasteiger partial charge on any atom is 0.163 e. The molecule has 0 aliphatic heterocycles. The first-order valence-corrected chi connectivity index (χ1v) is 9.01. The lowest BCUT2D eigenvalue weighted by Gasteiger charge is -2.13. The first-order valence-electron chi connectivity index (χ1n) is 9.01. The van der Waals surface area contributed by atoms with Crippen LogP contribution in [0.4, 0.5) is 0 Å². The maximum atomic E-state index is 12.7. The van der Waals surface area contributed by atoms with E-state index in [2.05, 4.69) is 74.5 Å². The highest BCUT2D eigenvalue weighted by Gasteiger charge is 2.15. The third-order valence-corrected chi connectivity index (χ3v) is 4.60. The van der Waals surface area contributed by atoms with Gasteiger partial charge in [-0.05, 0) is 25.0 Å². The van der Waals surface area contributed by atoms with Gasteiger partial charge < -0.3 is 0 Å². The second-order valence-corrected chi connectivity index (χ2v) is 6.78. The Morgan fingerprint density at radius 1 is 0.808 bits per heavy atom. The summed E-state index contributed by atoms with van der Waals surface area (Å²) in [5.41, 5.74) is 5.57. The van der Waals surface area contributed by atoms with Crippen molar-refractivity contribution in [1.29, 1.82) is 0 Å². The zero-order valence-electron chi connectivity index (χ0n) is 15.4. The number of ketones is 1. The molecule has 0 heterocycles. The van der Waals surface area contributed by atoms with Gasteiger partial charge in [0.25, 0.3) is 0 Å². The summed E-state index contributed by atoms with van der Waals surface area (Å²) in [5, 5.41) is 0. The van der Waals surface area contributed by atoms with Crippen LogP contribution in [0.2, 0.25) is 0 Å². The molecular weight excluding hydrogens is 316 g/mol. The zero-order valence-corrected chi connectivity index (χ0v) is 15.4. The van der Waals surface area contributed by atoms with Gasteiger partial charge in [0.2, 0.25) is 0 Å². The molecule has 0 aliphatic carbocycles. The number of hydrogen-bond acceptors (Lipinski definition) is 1. The minimum absolute atomic E-state index is 0.0598. The van der Waals surface area contributed by atoms with E-state index in [0.717, 1.165) is 11.1 Å². The van der Waals surface area contributed by atoms with E-state index in [-0.39, 0.29) is 11.7 Å². The first kappa shape index (κ1) is 17.9. The van der Waals surface area contributed by atoms with Crippen molar-refractivity contribution in [2.24, 2.45) is 0 Å². The van der Waals surface area contributed by atoms with Gasteiger partial charge in [-0.2, -0.15) is 0 Å². The van der Waals surface area contributed by atoms with Crippen LogP contribution in [0.15, 0.2) is 84.9 Å². The van der Waals surface area contributed by atoms with Gasteiger partial charge in [0.15, 0.2) is 5.78 Å². The molecule has 0 spiro atoms. The summed E-state index contributed by atoms with van der Waals surface area (Å²) in [5.74, 6) is 0.231. The molecule has 0 aromatic heterocycles. The molecule has 26 heavy (non-hydrogen) atoms. The van der Waals surface area contributed by atoms with Crippen molar-refractivity contribution in [1.82, 2.24) is 0 Å². The largest absolute Gasteiger partial charge is 0.294 e. The fraction of sp³-hybridized carbons (Fsp3) is 0.160. The third-order valence-electron chi connectivity index (χ3n) is 4.60. The summed E-state index contributed by atoms with van der Waals surface area (Å²) in [6.07, 6.45) is 4.73. The number of aryl methyl sites for hydroxylation is 2. The molecule has 0 radical (unpaired) electrons. The van der Waals surface area contributed by atoms with Crippen LogP contribution >= 0.6 is 0 Å². The lowest BCUT2D eigenvalue weighted by atomic mass is 9.90. The van der Waals surface area contributed by atoms with E-state index in [9.17, 15) is 4.79 Å². The molecule has 0 bridgehead atoms. The van der Waals surface area contributed by atoms with Gasteiger partial charge in [-0.1, -0.05) is 102 Å². The molecule has 0 fully saturated rings. The molecular formula is C25H24O. The van der Waals surface area contributed by atoms with Crippen molar-refractivity contribution in [3.63, 3.8) is 0 Å². The Balaban J connectivity index is 1.85. The van der Waals surface area contributed by atoms with Crippen LogP contribution in [0.25, 0.3) is 6.08 Å². The zero-order chi connectivity index (χ0) is 18.4. The number of carbonyl (C=O) groups is 1. The van der Waals surface area contributed by atoms with Crippen molar-refractivity contribution in [3.05, 3.63) is 113 Å². The Bertz CT molecular complexity index is 872. The minimum Gasteiger partial charge on any atom is -0.294 e. The molecule has 0 N–H and O–H groups in total. The summed E-state index contributed by atoms with van der Waals surface area (Å²) in [7, 11) is 0. The van der Waals surface area contributed by atoms with Gasteiger partial charge in [-0.25, -0.2) is 0 Å². The summed E-state index contributed by atoms with van der Waals surface area (Å²) in [4.78, 5) is 12.7. The molecule has 0 aliphatic rings. The van der Waals surface area contributed by atoms with E-state index in [4.69, 9.17) is 0 Å². The van der Waals surface area contributed by atoms with Crippen molar-refractivity contribution in [2.75, 3.05) is 0 Å². The predicted octanol–water partition coefficient (Wildman–Crippen LogP) is 6.37. The molecule has 0 amide bonds. The minimum atomic E-state index is 0.0598. The number of Topliss-reactive ketones (excluding diaryl/α,β-unsaturated/α-hetero) is 1. The number of allylic oxidation sites excluding steroid dienone is 1. The van der Waals surface area contributed by atoms with Crippen molar-refractivity contribution < 1.29 is 4.79 Å². The van der Waals surface area contributed by atoms with Gasteiger partial charge in [0.1, 0.15) is 0 Å². The topological polar surface area (TPSA) is 17.1 Å². The highest BCUT2D eigenvalue weighted by molar-refractivity contribution is 5.96. The Labute approximate surface area is 156 Å². The standard InChI is InChI=1S/C25H24O/c1-19-8-12-21(13-9-19)14-17-24(22-15-10-20(2)11-16-22)18-25(26)23-6-4-3-5-7-23/h3-17,24H,18H2,1-2H3/b17-14+. The molecule has 1 nitrogen and oxygen atoms in total. The molecule has 1 unspecified atom stereocenters. The van der Waals surface area contributed by atoms with Crippen molar-refractivity contribution in [2.45, 2.75) is 26.2 Å². The van der Waals surface area contributed by atoms with Crippen molar-refractivity contribution >= 4 is 11.9 Å². The second kappa shape index (κ2) is 8.44. The predicted molar refractivity (Wildman–Crippen MR) is 110 cm³/mol. The molecule has 3 rings (SSSR count). The second-order valence-electron chi connectivity index (χ2n) is 6.78. The fourth-order valence-corrected chi connectivity index (χ4v) is 2.96. The van der Waals surface area contributed by atoms with E-state index < -0.39 is 0 Å². The molecule has 3 aromatic rings. The van der Waals surface area contributed by atoms with E-state index in [1.165, 1.54) is 16.7 Å². The molecule has 1 atom stereocenters. The van der Waals surface area contributed by atoms with Crippen molar-refractivity contribution in [3.8, 4) is 0 Å².